The zero-order valence-corrected chi connectivity index (χ0v) is 42.3. The van der Waals surface area contributed by atoms with Gasteiger partial charge in [-0.05, 0) is 109 Å². The maximum Gasteiger partial charge on any atom is 0.142 e. The predicted octanol–water partition coefficient (Wildman–Crippen LogP) is 12.3. The van der Waals surface area contributed by atoms with Gasteiger partial charge in [0, 0.05) is 44.1 Å². The zero-order chi connectivity index (χ0) is 49.9. The molecule has 2 N–H and O–H groups in total. The van der Waals surface area contributed by atoms with Crippen molar-refractivity contribution < 1.29 is 27.7 Å². The molecule has 6 aromatic heterocycles. The summed E-state index contributed by atoms with van der Waals surface area (Å²) in [4.78, 5) is 22.6. The van der Waals surface area contributed by atoms with Gasteiger partial charge >= 0.3 is 0 Å². The number of benzene rings is 4. The van der Waals surface area contributed by atoms with Crippen molar-refractivity contribution in [3.8, 4) is 32.4 Å². The fourth-order valence-corrected chi connectivity index (χ4v) is 12.4. The van der Waals surface area contributed by atoms with Gasteiger partial charge in [0.05, 0.1) is 59.0 Å². The van der Waals surface area contributed by atoms with E-state index in [4.69, 9.17) is 47.2 Å². The number of rotatable bonds is 14. The van der Waals surface area contributed by atoms with E-state index in [0.29, 0.717) is 27.6 Å². The number of nitrogens with zero attached hydrogens (tertiary/aromatic N) is 8. The van der Waals surface area contributed by atoms with Gasteiger partial charge in [0.1, 0.15) is 82.5 Å². The van der Waals surface area contributed by atoms with Gasteiger partial charge in [-0.1, -0.05) is 47.5 Å². The third-order valence-corrected chi connectivity index (χ3v) is 16.1. The summed E-state index contributed by atoms with van der Waals surface area (Å²) < 4.78 is 53.4. The Labute approximate surface area is 439 Å². The molecule has 0 unspecified atom stereocenters. The van der Waals surface area contributed by atoms with Crippen molar-refractivity contribution in [2.45, 2.75) is 64.2 Å². The minimum atomic E-state index is -0.295. The maximum atomic E-state index is 13.4. The molecule has 20 heteroatoms. The van der Waals surface area contributed by atoms with E-state index in [-0.39, 0.29) is 31.0 Å². The molecule has 74 heavy (non-hydrogen) atoms. The molecule has 0 radical (unpaired) electrons. The van der Waals surface area contributed by atoms with Gasteiger partial charge in [-0.25, -0.2) is 28.7 Å². The van der Waals surface area contributed by atoms with E-state index in [1.807, 2.05) is 35.1 Å². The van der Waals surface area contributed by atoms with Crippen LogP contribution in [-0.4, -0.2) is 64.9 Å². The van der Waals surface area contributed by atoms with Crippen molar-refractivity contribution in [3.63, 3.8) is 0 Å². The summed E-state index contributed by atoms with van der Waals surface area (Å²) in [6.45, 7) is 3.69. The van der Waals surface area contributed by atoms with Crippen LogP contribution in [0.5, 0.6) is 11.5 Å². The summed E-state index contributed by atoms with van der Waals surface area (Å²) in [6.07, 6.45) is 11.4. The van der Waals surface area contributed by atoms with Crippen molar-refractivity contribution in [2.24, 2.45) is 0 Å². The fourth-order valence-electron chi connectivity index (χ4n) is 9.51. The molecule has 4 aromatic carbocycles. The number of aryl methyl sites for hydroxylation is 3. The Morgan fingerprint density at radius 3 is 1.76 bits per heavy atom. The minimum absolute atomic E-state index is 0.226. The molecule has 2 aliphatic heterocycles. The lowest BCUT2D eigenvalue weighted by molar-refractivity contribution is 0.306. The molecule has 2 aliphatic carbocycles. The van der Waals surface area contributed by atoms with Crippen molar-refractivity contribution >= 4 is 89.3 Å². The average molecular weight is 1070 g/mol. The number of ether oxygens (including phenoxy) is 4. The van der Waals surface area contributed by atoms with Gasteiger partial charge in [0.15, 0.2) is 0 Å². The van der Waals surface area contributed by atoms with Crippen molar-refractivity contribution in [1.29, 1.82) is 0 Å². The van der Waals surface area contributed by atoms with Gasteiger partial charge in [-0.15, -0.1) is 22.7 Å². The summed E-state index contributed by atoms with van der Waals surface area (Å²) in [6, 6.07) is 23.6. The van der Waals surface area contributed by atoms with E-state index in [1.54, 1.807) is 71.7 Å². The Morgan fingerprint density at radius 2 is 1.20 bits per heavy atom. The lowest BCUT2D eigenvalue weighted by atomic mass is 9.95. The fraction of sp³-hybridized carbons (Fsp3) is 0.222. The number of hydrogen-bond donors (Lipinski definition) is 2. The highest BCUT2D eigenvalue weighted by molar-refractivity contribution is 7.22. The van der Waals surface area contributed by atoms with Crippen LogP contribution in [0.2, 0.25) is 10.0 Å². The molecule has 14 nitrogen and oxygen atoms in total. The molecule has 0 saturated carbocycles. The van der Waals surface area contributed by atoms with Crippen LogP contribution in [-0.2, 0) is 61.5 Å². The SMILES string of the molecule is Fc1cccc(COc2ccc(Nc3ncnc4sc5c(c34)CCc3c-5cnn3C[C@H]3CO3)cc2Cl)c1.Fc1cccc(COc2ccc(Nc3ncnc4sc5c(c34)CCc3nn(C[C@H]4CO4)cc3-5)cc2Cl)c1. The van der Waals surface area contributed by atoms with Gasteiger partial charge in [0.25, 0.3) is 0 Å². The summed E-state index contributed by atoms with van der Waals surface area (Å²) in [5.41, 5.74) is 10.3. The van der Waals surface area contributed by atoms with Crippen LogP contribution in [0.3, 0.4) is 0 Å². The number of thiophene rings is 2. The summed E-state index contributed by atoms with van der Waals surface area (Å²) >= 11 is 16.4. The number of hydrogen-bond acceptors (Lipinski definition) is 14. The average Bonchev–Trinajstić information content (AvgIpc) is 4.21. The molecule has 4 aliphatic rings. The van der Waals surface area contributed by atoms with Crippen LogP contribution < -0.4 is 20.1 Å². The third-order valence-electron chi connectivity index (χ3n) is 13.2. The predicted molar refractivity (Wildman–Crippen MR) is 283 cm³/mol. The van der Waals surface area contributed by atoms with E-state index in [9.17, 15) is 8.78 Å². The van der Waals surface area contributed by atoms with Gasteiger partial charge in [-0.2, -0.15) is 10.2 Å². The summed E-state index contributed by atoms with van der Waals surface area (Å²) in [5.74, 6) is 1.95. The normalized spacial score (nSPS) is 15.9. The molecular formula is C54H42Cl2F2N10O4S2. The number of anilines is 4. The lowest BCUT2D eigenvalue weighted by Gasteiger charge is -2.16. The second-order valence-electron chi connectivity index (χ2n) is 18.3. The van der Waals surface area contributed by atoms with Gasteiger partial charge in [0.2, 0.25) is 0 Å². The van der Waals surface area contributed by atoms with E-state index in [1.165, 1.54) is 62.0 Å². The Hall–Kier alpha value is -7.06. The number of halogens is 4. The highest BCUT2D eigenvalue weighted by Gasteiger charge is 2.31. The Morgan fingerprint density at radius 1 is 0.649 bits per heavy atom. The summed E-state index contributed by atoms with van der Waals surface area (Å²) in [7, 11) is 0. The lowest BCUT2D eigenvalue weighted by Crippen LogP contribution is -2.12. The molecule has 2 atom stereocenters. The first-order chi connectivity index (χ1) is 36.2. The van der Waals surface area contributed by atoms with Crippen LogP contribution in [0.15, 0.2) is 110 Å². The highest BCUT2D eigenvalue weighted by atomic mass is 35.5. The second-order valence-corrected chi connectivity index (χ2v) is 21.1. The molecule has 0 amide bonds. The Balaban J connectivity index is 0.000000143. The van der Waals surface area contributed by atoms with Crippen LogP contribution in [0.1, 0.15) is 33.6 Å². The first kappa shape index (κ1) is 46.7. The van der Waals surface area contributed by atoms with Crippen LogP contribution >= 0.6 is 45.9 Å². The molecule has 8 heterocycles. The Kier molecular flexibility index (Phi) is 12.4. The zero-order valence-electron chi connectivity index (χ0n) is 39.2. The van der Waals surface area contributed by atoms with E-state index in [0.717, 1.165) is 112 Å². The number of fused-ring (bicyclic) bond motifs is 10. The molecule has 0 bridgehead atoms. The quantitative estimate of drug-likeness (QED) is 0.0996. The van der Waals surface area contributed by atoms with E-state index < -0.39 is 0 Å². The topological polar surface area (TPSA) is 155 Å². The van der Waals surface area contributed by atoms with Crippen molar-refractivity contribution in [2.75, 3.05) is 23.8 Å². The molecule has 0 spiro atoms. The van der Waals surface area contributed by atoms with Crippen LogP contribution in [0, 0.1) is 11.6 Å². The number of aromatic nitrogens is 8. The number of nitrogens with one attached hydrogen (secondary N) is 2. The standard InChI is InChI=1S/2C27H21ClFN5O2S/c28-21-9-17(4-7-23(21)36-12-15-2-1-3-16(29)8-15)33-26-24-19-5-6-22-20(10-32-34(22)11-18-13-35-18)25(19)37-27(24)31-14-30-26;28-21-9-17(4-7-23(21)36-12-15-2-1-3-16(29)8-15)32-26-24-19-5-6-22-20(11-34(33-22)10-18-13-35-18)25(19)37-27(24)31-14-30-26/h1-4,7-10,14,18H,5-6,11-13H2,(H,30,31,33);1-4,7-9,11,14,18H,5-6,10,12-13H2,(H,30,31,32)/t2*18-/m00/s1. The first-order valence-electron chi connectivity index (χ1n) is 24.0. The third kappa shape index (κ3) is 9.64. The van der Waals surface area contributed by atoms with E-state index in [2.05, 4.69) is 46.5 Å². The number of epoxide rings is 2. The van der Waals surface area contributed by atoms with Gasteiger partial charge in [-0.3, -0.25) is 9.36 Å². The Bertz CT molecular complexity index is 3600. The summed E-state index contributed by atoms with van der Waals surface area (Å²) in [5, 5.41) is 19.3. The highest BCUT2D eigenvalue weighted by Crippen LogP contribution is 2.47. The van der Waals surface area contributed by atoms with Crippen LogP contribution in [0.25, 0.3) is 41.3 Å². The molecule has 2 saturated heterocycles. The first-order valence-corrected chi connectivity index (χ1v) is 26.4. The second kappa shape index (κ2) is 19.7. The van der Waals surface area contributed by atoms with Gasteiger partial charge < -0.3 is 29.6 Å². The molecule has 10 aromatic rings. The van der Waals surface area contributed by atoms with Crippen molar-refractivity contribution in [3.05, 3.63) is 165 Å². The molecular weight excluding hydrogens is 1030 g/mol. The molecule has 14 rings (SSSR count). The largest absolute Gasteiger partial charge is 0.487 e. The van der Waals surface area contributed by atoms with E-state index >= 15 is 0 Å². The van der Waals surface area contributed by atoms with Crippen molar-refractivity contribution in [1.82, 2.24) is 39.5 Å². The smallest absolute Gasteiger partial charge is 0.142 e. The van der Waals surface area contributed by atoms with Crippen LogP contribution in [0.4, 0.5) is 31.8 Å². The molecule has 2 fully saturated rings. The maximum absolute atomic E-state index is 13.4. The monoisotopic (exact) mass is 1070 g/mol. The minimum Gasteiger partial charge on any atom is -0.487 e. The molecule has 372 valence electrons.